The van der Waals surface area contributed by atoms with Crippen molar-refractivity contribution in [2.45, 2.75) is 6.92 Å². The maximum absolute atomic E-state index is 12.6. The molecule has 3 aromatic rings. The van der Waals surface area contributed by atoms with Crippen LogP contribution in [0.5, 0.6) is 11.5 Å². The van der Waals surface area contributed by atoms with Crippen LogP contribution in [0.25, 0.3) is 11.3 Å². The van der Waals surface area contributed by atoms with E-state index in [9.17, 15) is 4.79 Å². The van der Waals surface area contributed by atoms with E-state index in [-0.39, 0.29) is 12.5 Å². The van der Waals surface area contributed by atoms with Gasteiger partial charge in [0.2, 0.25) is 0 Å². The van der Waals surface area contributed by atoms with Crippen LogP contribution in [0.4, 0.5) is 5.82 Å². The Balaban J connectivity index is 1.30. The van der Waals surface area contributed by atoms with Crippen LogP contribution in [0.15, 0.2) is 54.9 Å². The molecule has 160 valence electrons. The van der Waals surface area contributed by atoms with Crippen LogP contribution in [0.3, 0.4) is 0 Å². The molecule has 8 heteroatoms. The van der Waals surface area contributed by atoms with Gasteiger partial charge in [-0.25, -0.2) is 0 Å². The minimum atomic E-state index is -0.0414. The Morgan fingerprint density at radius 1 is 1.03 bits per heavy atom. The third-order valence-corrected chi connectivity index (χ3v) is 5.23. The molecular weight excluding hydrogens is 394 g/mol. The lowest BCUT2D eigenvalue weighted by molar-refractivity contribution is -0.133. The quantitative estimate of drug-likeness (QED) is 0.607. The number of aromatic nitrogens is 3. The molecule has 0 unspecified atom stereocenters. The molecule has 1 aliphatic heterocycles. The highest BCUT2D eigenvalue weighted by atomic mass is 16.5. The van der Waals surface area contributed by atoms with E-state index in [2.05, 4.69) is 20.1 Å². The van der Waals surface area contributed by atoms with Crippen LogP contribution in [0, 0.1) is 6.92 Å². The highest BCUT2D eigenvalue weighted by Crippen LogP contribution is 2.27. The fraction of sp³-hybridized carbons (Fsp3) is 0.304. The first kappa shape index (κ1) is 20.6. The van der Waals surface area contributed by atoms with Gasteiger partial charge in [0.15, 0.2) is 23.9 Å². The number of pyridine rings is 1. The monoisotopic (exact) mass is 419 g/mol. The molecule has 0 spiro atoms. The minimum absolute atomic E-state index is 0.0148. The highest BCUT2D eigenvalue weighted by Gasteiger charge is 2.23. The number of ether oxygens (including phenoxy) is 2. The summed E-state index contributed by atoms with van der Waals surface area (Å²) in [6.07, 6.45) is 3.50. The Labute approximate surface area is 181 Å². The predicted octanol–water partition coefficient (Wildman–Crippen LogP) is 2.58. The molecular formula is C23H25N5O3. The van der Waals surface area contributed by atoms with Crippen molar-refractivity contribution < 1.29 is 14.3 Å². The van der Waals surface area contributed by atoms with Gasteiger partial charge in [-0.3, -0.25) is 9.78 Å². The molecule has 0 radical (unpaired) electrons. The van der Waals surface area contributed by atoms with Gasteiger partial charge in [-0.1, -0.05) is 6.07 Å². The molecule has 0 bridgehead atoms. The number of amides is 1. The smallest absolute Gasteiger partial charge is 0.260 e. The predicted molar refractivity (Wildman–Crippen MR) is 117 cm³/mol. The summed E-state index contributed by atoms with van der Waals surface area (Å²) in [4.78, 5) is 20.7. The Morgan fingerprint density at radius 2 is 1.87 bits per heavy atom. The Hall–Kier alpha value is -3.68. The van der Waals surface area contributed by atoms with Gasteiger partial charge in [-0.2, -0.15) is 0 Å². The topological polar surface area (TPSA) is 80.7 Å². The van der Waals surface area contributed by atoms with Crippen molar-refractivity contribution in [2.24, 2.45) is 0 Å². The Bertz CT molecular complexity index is 1020. The summed E-state index contributed by atoms with van der Waals surface area (Å²) in [7, 11) is 1.59. The normalized spacial score (nSPS) is 13.7. The largest absolute Gasteiger partial charge is 0.493 e. The van der Waals surface area contributed by atoms with Crippen molar-refractivity contribution in [1.82, 2.24) is 20.1 Å². The van der Waals surface area contributed by atoms with E-state index in [4.69, 9.17) is 9.47 Å². The zero-order valence-corrected chi connectivity index (χ0v) is 17.7. The number of carbonyl (C=O) groups is 1. The maximum atomic E-state index is 12.6. The van der Waals surface area contributed by atoms with Gasteiger partial charge in [0.25, 0.3) is 5.91 Å². The standard InChI is InChI=1S/C23H25N5O3/c1-17-5-7-20(21(14-17)30-2)31-16-23(29)28-12-10-27(11-13-28)22-8-6-19(25-26-22)18-4-3-9-24-15-18/h3-9,14-15H,10-13,16H2,1-2H3. The van der Waals surface area contributed by atoms with Gasteiger partial charge in [0.05, 0.1) is 12.8 Å². The summed E-state index contributed by atoms with van der Waals surface area (Å²) in [5, 5.41) is 8.68. The Kier molecular flexibility index (Phi) is 6.26. The fourth-order valence-electron chi connectivity index (χ4n) is 3.47. The third-order valence-electron chi connectivity index (χ3n) is 5.23. The number of nitrogens with zero attached hydrogens (tertiary/aromatic N) is 5. The molecule has 8 nitrogen and oxygen atoms in total. The number of anilines is 1. The zero-order chi connectivity index (χ0) is 21.6. The van der Waals surface area contributed by atoms with Gasteiger partial charge >= 0.3 is 0 Å². The first-order chi connectivity index (χ1) is 15.1. The first-order valence-electron chi connectivity index (χ1n) is 10.2. The highest BCUT2D eigenvalue weighted by molar-refractivity contribution is 5.78. The zero-order valence-electron chi connectivity index (χ0n) is 17.7. The number of hydrogen-bond acceptors (Lipinski definition) is 7. The number of rotatable bonds is 6. The third kappa shape index (κ3) is 4.91. The lowest BCUT2D eigenvalue weighted by Gasteiger charge is -2.35. The van der Waals surface area contributed by atoms with E-state index in [0.717, 1.165) is 22.6 Å². The fourth-order valence-corrected chi connectivity index (χ4v) is 3.47. The number of aryl methyl sites for hydroxylation is 1. The van der Waals surface area contributed by atoms with Crippen LogP contribution >= 0.6 is 0 Å². The van der Waals surface area contributed by atoms with Crippen molar-refractivity contribution in [3.8, 4) is 22.8 Å². The van der Waals surface area contributed by atoms with Crippen molar-refractivity contribution in [2.75, 3.05) is 44.8 Å². The molecule has 3 heterocycles. The number of carbonyl (C=O) groups excluding carboxylic acids is 1. The van der Waals surface area contributed by atoms with E-state index in [0.29, 0.717) is 37.7 Å². The molecule has 1 amide bonds. The van der Waals surface area contributed by atoms with Crippen molar-refractivity contribution in [1.29, 1.82) is 0 Å². The first-order valence-corrected chi connectivity index (χ1v) is 10.2. The van der Waals surface area contributed by atoms with Crippen molar-refractivity contribution in [3.63, 3.8) is 0 Å². The second kappa shape index (κ2) is 9.42. The molecule has 2 aromatic heterocycles. The summed E-state index contributed by atoms with van der Waals surface area (Å²) in [6, 6.07) is 13.4. The van der Waals surface area contributed by atoms with Crippen molar-refractivity contribution >= 4 is 11.7 Å². The van der Waals surface area contributed by atoms with Gasteiger partial charge in [0, 0.05) is 44.1 Å². The molecule has 1 saturated heterocycles. The number of piperazine rings is 1. The summed E-state index contributed by atoms with van der Waals surface area (Å²) in [5.41, 5.74) is 2.79. The SMILES string of the molecule is COc1cc(C)ccc1OCC(=O)N1CCN(c2ccc(-c3cccnc3)nn2)CC1. The average molecular weight is 419 g/mol. The maximum Gasteiger partial charge on any atom is 0.260 e. The molecule has 0 atom stereocenters. The number of hydrogen-bond donors (Lipinski definition) is 0. The average Bonchev–Trinajstić information content (AvgIpc) is 2.83. The lowest BCUT2D eigenvalue weighted by atomic mass is 10.2. The van der Waals surface area contributed by atoms with Crippen LogP contribution in [-0.4, -0.2) is 65.9 Å². The molecule has 1 aromatic carbocycles. The second-order valence-electron chi connectivity index (χ2n) is 7.33. The van der Waals surface area contributed by atoms with Gasteiger partial charge < -0.3 is 19.3 Å². The lowest BCUT2D eigenvalue weighted by Crippen LogP contribution is -2.50. The van der Waals surface area contributed by atoms with Gasteiger partial charge in [-0.15, -0.1) is 10.2 Å². The van der Waals surface area contributed by atoms with E-state index in [1.807, 2.05) is 54.3 Å². The van der Waals surface area contributed by atoms with E-state index >= 15 is 0 Å². The molecule has 0 N–H and O–H groups in total. The number of benzene rings is 1. The molecule has 31 heavy (non-hydrogen) atoms. The van der Waals surface area contributed by atoms with Crippen molar-refractivity contribution in [3.05, 3.63) is 60.4 Å². The molecule has 0 aliphatic carbocycles. The Morgan fingerprint density at radius 3 is 2.55 bits per heavy atom. The van der Waals surface area contributed by atoms with E-state index in [1.165, 1.54) is 0 Å². The van der Waals surface area contributed by atoms with Crippen LogP contribution in [0.1, 0.15) is 5.56 Å². The van der Waals surface area contributed by atoms with Crippen LogP contribution in [0.2, 0.25) is 0 Å². The van der Waals surface area contributed by atoms with E-state index < -0.39 is 0 Å². The van der Waals surface area contributed by atoms with Gasteiger partial charge in [0.1, 0.15) is 0 Å². The van der Waals surface area contributed by atoms with Crippen LogP contribution < -0.4 is 14.4 Å². The summed E-state index contributed by atoms with van der Waals surface area (Å²) in [5.74, 6) is 1.97. The second-order valence-corrected chi connectivity index (χ2v) is 7.33. The van der Waals surface area contributed by atoms with Gasteiger partial charge in [-0.05, 0) is 48.9 Å². The molecule has 0 saturated carbocycles. The minimum Gasteiger partial charge on any atom is -0.493 e. The molecule has 4 rings (SSSR count). The summed E-state index contributed by atoms with van der Waals surface area (Å²) < 4.78 is 11.0. The molecule has 1 fully saturated rings. The molecule has 1 aliphatic rings. The number of methoxy groups -OCH3 is 1. The van der Waals surface area contributed by atoms with Crippen LogP contribution in [-0.2, 0) is 4.79 Å². The summed E-state index contributed by atoms with van der Waals surface area (Å²) in [6.45, 7) is 4.58. The van der Waals surface area contributed by atoms with E-state index in [1.54, 1.807) is 19.5 Å². The summed E-state index contributed by atoms with van der Waals surface area (Å²) >= 11 is 0.